The van der Waals surface area contributed by atoms with Gasteiger partial charge in [0.15, 0.2) is 11.5 Å². The van der Waals surface area contributed by atoms with Crippen LogP contribution in [0, 0.1) is 13.8 Å². The summed E-state index contributed by atoms with van der Waals surface area (Å²) in [6.45, 7) is 8.45. The molecule has 0 aromatic heterocycles. The Labute approximate surface area is 253 Å². The molecular formula is C31H38ClN3O6S. The van der Waals surface area contributed by atoms with E-state index in [0.29, 0.717) is 22.0 Å². The maximum Gasteiger partial charge on any atom is 0.264 e. The minimum Gasteiger partial charge on any atom is -0.493 e. The molecule has 0 saturated carbocycles. The topological polar surface area (TPSA) is 105 Å². The number of ether oxygens (including phenoxy) is 2. The number of sulfonamides is 1. The molecule has 0 aliphatic rings. The van der Waals surface area contributed by atoms with E-state index in [9.17, 15) is 18.0 Å². The van der Waals surface area contributed by atoms with E-state index in [2.05, 4.69) is 5.32 Å². The number of amides is 2. The van der Waals surface area contributed by atoms with E-state index in [4.69, 9.17) is 21.1 Å². The normalized spacial score (nSPS) is 12.0. The number of nitrogens with zero attached hydrogens (tertiary/aromatic N) is 2. The van der Waals surface area contributed by atoms with Crippen LogP contribution in [0.4, 0.5) is 5.69 Å². The fraction of sp³-hybridized carbons (Fsp3) is 0.355. The lowest BCUT2D eigenvalue weighted by atomic mass is 10.1. The average Bonchev–Trinajstić information content (AvgIpc) is 2.92. The molecule has 0 radical (unpaired) electrons. The molecule has 2 amide bonds. The quantitative estimate of drug-likeness (QED) is 0.304. The summed E-state index contributed by atoms with van der Waals surface area (Å²) in [4.78, 5) is 28.4. The number of halogens is 1. The van der Waals surface area contributed by atoms with Crippen LogP contribution < -0.4 is 19.1 Å². The van der Waals surface area contributed by atoms with Crippen LogP contribution in [0.2, 0.25) is 5.02 Å². The smallest absolute Gasteiger partial charge is 0.264 e. The molecule has 0 saturated heterocycles. The monoisotopic (exact) mass is 615 g/mol. The van der Waals surface area contributed by atoms with Gasteiger partial charge in [-0.1, -0.05) is 29.8 Å². The SMILES string of the molecule is COc1ccc(S(=O)(=O)N(CC(=O)N(Cc2cccc(Cl)c2)C(C)C(=O)NC(C)C)c2cc(C)cc(C)c2)cc1OC. The predicted molar refractivity (Wildman–Crippen MR) is 165 cm³/mol. The maximum absolute atomic E-state index is 14.2. The van der Waals surface area contributed by atoms with Crippen molar-refractivity contribution >= 4 is 39.1 Å². The summed E-state index contributed by atoms with van der Waals surface area (Å²) in [7, 11) is -1.42. The molecule has 1 atom stereocenters. The second kappa shape index (κ2) is 13.9. The molecule has 3 aromatic rings. The Bertz CT molecular complexity index is 1520. The Balaban J connectivity index is 2.11. The van der Waals surface area contributed by atoms with E-state index >= 15 is 0 Å². The Kier molecular flexibility index (Phi) is 10.9. The number of carbonyl (C=O) groups excluding carboxylic acids is 2. The van der Waals surface area contributed by atoms with E-state index in [-0.39, 0.29) is 29.1 Å². The highest BCUT2D eigenvalue weighted by atomic mass is 35.5. The van der Waals surface area contributed by atoms with E-state index < -0.39 is 28.5 Å². The van der Waals surface area contributed by atoms with E-state index in [1.54, 1.807) is 43.3 Å². The molecule has 1 N–H and O–H groups in total. The molecule has 3 rings (SSSR count). The third-order valence-corrected chi connectivity index (χ3v) is 8.56. The Morgan fingerprint density at radius 1 is 0.905 bits per heavy atom. The summed E-state index contributed by atoms with van der Waals surface area (Å²) in [5.74, 6) is -0.333. The van der Waals surface area contributed by atoms with Gasteiger partial charge in [0.1, 0.15) is 12.6 Å². The highest BCUT2D eigenvalue weighted by Crippen LogP contribution is 2.33. The van der Waals surface area contributed by atoms with Crippen molar-refractivity contribution in [1.82, 2.24) is 10.2 Å². The highest BCUT2D eigenvalue weighted by molar-refractivity contribution is 7.92. The highest BCUT2D eigenvalue weighted by Gasteiger charge is 2.33. The van der Waals surface area contributed by atoms with Crippen LogP contribution in [-0.2, 0) is 26.2 Å². The minimum atomic E-state index is -4.29. The molecule has 3 aromatic carbocycles. The molecule has 11 heteroatoms. The first-order valence-electron chi connectivity index (χ1n) is 13.4. The predicted octanol–water partition coefficient (Wildman–Crippen LogP) is 5.11. The standard InChI is InChI=1S/C31H38ClN3O6S/c1-20(2)33-31(37)23(5)34(18-24-9-8-10-25(32)16-24)30(36)19-35(26-14-21(3)13-22(4)15-26)42(38,39)27-11-12-28(40-6)29(17-27)41-7/h8-17,20,23H,18-19H2,1-7H3,(H,33,37). The summed E-state index contributed by atoms with van der Waals surface area (Å²) >= 11 is 6.20. The summed E-state index contributed by atoms with van der Waals surface area (Å²) in [6.07, 6.45) is 0. The lowest BCUT2D eigenvalue weighted by Crippen LogP contribution is -2.52. The molecule has 0 spiro atoms. The van der Waals surface area contributed by atoms with Gasteiger partial charge in [-0.15, -0.1) is 0 Å². The third-order valence-electron chi connectivity index (χ3n) is 6.56. The van der Waals surface area contributed by atoms with Crippen LogP contribution in [0.3, 0.4) is 0 Å². The van der Waals surface area contributed by atoms with Gasteiger partial charge >= 0.3 is 0 Å². The summed E-state index contributed by atoms with van der Waals surface area (Å²) in [5, 5.41) is 3.32. The van der Waals surface area contributed by atoms with Crippen molar-refractivity contribution < 1.29 is 27.5 Å². The second-order valence-corrected chi connectivity index (χ2v) is 12.7. The van der Waals surface area contributed by atoms with Crippen LogP contribution in [-0.4, -0.2) is 58.0 Å². The number of aryl methyl sites for hydroxylation is 2. The second-order valence-electron chi connectivity index (χ2n) is 10.4. The average molecular weight is 616 g/mol. The van der Waals surface area contributed by atoms with E-state index in [0.717, 1.165) is 15.4 Å². The molecule has 9 nitrogen and oxygen atoms in total. The van der Waals surface area contributed by atoms with Gasteiger partial charge in [0.2, 0.25) is 11.8 Å². The number of hydrogen-bond acceptors (Lipinski definition) is 6. The van der Waals surface area contributed by atoms with Gasteiger partial charge in [-0.05, 0) is 87.7 Å². The fourth-order valence-corrected chi connectivity index (χ4v) is 6.17. The Hall–Kier alpha value is -3.76. The van der Waals surface area contributed by atoms with Crippen molar-refractivity contribution in [3.05, 3.63) is 82.4 Å². The van der Waals surface area contributed by atoms with Gasteiger partial charge in [-0.3, -0.25) is 13.9 Å². The first-order valence-corrected chi connectivity index (χ1v) is 15.3. The number of benzene rings is 3. The molecule has 0 aliphatic heterocycles. The number of methoxy groups -OCH3 is 2. The number of hydrogen-bond donors (Lipinski definition) is 1. The largest absolute Gasteiger partial charge is 0.493 e. The summed E-state index contributed by atoms with van der Waals surface area (Å²) < 4.78 is 40.1. The molecular weight excluding hydrogens is 578 g/mol. The lowest BCUT2D eigenvalue weighted by molar-refractivity contribution is -0.139. The van der Waals surface area contributed by atoms with Crippen LogP contribution in [0.5, 0.6) is 11.5 Å². The van der Waals surface area contributed by atoms with Crippen molar-refractivity contribution in [2.45, 2.75) is 58.1 Å². The zero-order valence-electron chi connectivity index (χ0n) is 25.0. The zero-order chi connectivity index (χ0) is 31.2. The molecule has 42 heavy (non-hydrogen) atoms. The third kappa shape index (κ3) is 7.95. The first kappa shape index (κ1) is 32.8. The van der Waals surface area contributed by atoms with Crippen molar-refractivity contribution in [1.29, 1.82) is 0 Å². The maximum atomic E-state index is 14.2. The van der Waals surface area contributed by atoms with E-state index in [1.165, 1.54) is 37.3 Å². The van der Waals surface area contributed by atoms with Crippen LogP contribution in [0.1, 0.15) is 37.5 Å². The van der Waals surface area contributed by atoms with E-state index in [1.807, 2.05) is 33.8 Å². The molecule has 0 bridgehead atoms. The molecule has 0 fully saturated rings. The van der Waals surface area contributed by atoms with Crippen molar-refractivity contribution in [2.75, 3.05) is 25.1 Å². The van der Waals surface area contributed by atoms with Crippen molar-refractivity contribution in [2.24, 2.45) is 0 Å². The molecule has 1 unspecified atom stereocenters. The van der Waals surface area contributed by atoms with Gasteiger partial charge < -0.3 is 19.7 Å². The summed E-state index contributed by atoms with van der Waals surface area (Å²) in [6, 6.07) is 15.5. The van der Waals surface area contributed by atoms with Gasteiger partial charge in [-0.2, -0.15) is 0 Å². The molecule has 0 heterocycles. The number of carbonyl (C=O) groups is 2. The Morgan fingerprint density at radius 3 is 2.12 bits per heavy atom. The Morgan fingerprint density at radius 2 is 1.55 bits per heavy atom. The summed E-state index contributed by atoms with van der Waals surface area (Å²) in [5.41, 5.74) is 2.66. The minimum absolute atomic E-state index is 0.0448. The molecule has 0 aliphatic carbocycles. The fourth-order valence-electron chi connectivity index (χ4n) is 4.55. The van der Waals surface area contributed by atoms with Crippen LogP contribution in [0.15, 0.2) is 65.6 Å². The number of rotatable bonds is 12. The van der Waals surface area contributed by atoms with Gasteiger partial charge in [0.05, 0.1) is 24.8 Å². The van der Waals surface area contributed by atoms with Gasteiger partial charge in [0, 0.05) is 23.7 Å². The number of anilines is 1. The van der Waals surface area contributed by atoms with Crippen molar-refractivity contribution in [3.8, 4) is 11.5 Å². The van der Waals surface area contributed by atoms with Gasteiger partial charge in [0.25, 0.3) is 10.0 Å². The first-order chi connectivity index (χ1) is 19.8. The number of nitrogens with one attached hydrogen (secondary N) is 1. The van der Waals surface area contributed by atoms with Crippen LogP contribution >= 0.6 is 11.6 Å². The van der Waals surface area contributed by atoms with Gasteiger partial charge in [-0.25, -0.2) is 8.42 Å². The molecule has 226 valence electrons. The zero-order valence-corrected chi connectivity index (χ0v) is 26.5. The lowest BCUT2D eigenvalue weighted by Gasteiger charge is -2.32. The van der Waals surface area contributed by atoms with Crippen molar-refractivity contribution in [3.63, 3.8) is 0 Å². The van der Waals surface area contributed by atoms with Crippen LogP contribution in [0.25, 0.3) is 0 Å².